The van der Waals surface area contributed by atoms with Crippen molar-refractivity contribution < 1.29 is 13.2 Å². The van der Waals surface area contributed by atoms with Gasteiger partial charge in [-0.05, 0) is 41.9 Å². The van der Waals surface area contributed by atoms with Crippen LogP contribution in [0.4, 0.5) is 13.2 Å². The first kappa shape index (κ1) is 14.4. The van der Waals surface area contributed by atoms with E-state index in [9.17, 15) is 13.2 Å². The van der Waals surface area contributed by atoms with Crippen LogP contribution in [0.2, 0.25) is 0 Å². The van der Waals surface area contributed by atoms with Crippen LogP contribution in [0.5, 0.6) is 0 Å². The van der Waals surface area contributed by atoms with Crippen LogP contribution in [0, 0.1) is 11.3 Å². The summed E-state index contributed by atoms with van der Waals surface area (Å²) in [6.07, 6.45) is -2.81. The molecule has 1 aromatic carbocycles. The molecule has 106 valence electrons. The smallest absolute Gasteiger partial charge is 0.321 e. The molecule has 0 spiro atoms. The molecule has 19 heavy (non-hydrogen) atoms. The van der Waals surface area contributed by atoms with Crippen molar-refractivity contribution in [3.8, 4) is 0 Å². The predicted molar refractivity (Wildman–Crippen MR) is 69.5 cm³/mol. The number of halogens is 3. The summed E-state index contributed by atoms with van der Waals surface area (Å²) in [6, 6.07) is 5.43. The Labute approximate surface area is 112 Å². The highest BCUT2D eigenvalue weighted by Crippen LogP contribution is 2.51. The molecule has 4 heteroatoms. The molecule has 1 fully saturated rings. The molecule has 1 nitrogen and oxygen atoms in total. The molecule has 0 aliphatic heterocycles. The monoisotopic (exact) mass is 271 g/mol. The van der Waals surface area contributed by atoms with Crippen molar-refractivity contribution in [2.24, 2.45) is 17.1 Å². The second-order valence-electron chi connectivity index (χ2n) is 6.71. The molecule has 0 unspecified atom stereocenters. The van der Waals surface area contributed by atoms with Gasteiger partial charge < -0.3 is 5.73 Å². The minimum Gasteiger partial charge on any atom is -0.321 e. The molecule has 0 aromatic heterocycles. The Kier molecular flexibility index (Phi) is 3.21. The standard InChI is InChI=1S/C15H20F3N/c1-13(2,3)12-8-14(19,9-12)10-5-4-6-11(7-10)15(16,17)18/h4-7,12H,8-9,19H2,1-3H3. The summed E-state index contributed by atoms with van der Waals surface area (Å²) in [5.74, 6) is 0.465. The van der Waals surface area contributed by atoms with Gasteiger partial charge in [-0.25, -0.2) is 0 Å². The van der Waals surface area contributed by atoms with Crippen molar-refractivity contribution >= 4 is 0 Å². The third-order valence-corrected chi connectivity index (χ3v) is 4.21. The normalized spacial score (nSPS) is 28.1. The number of benzene rings is 1. The first-order valence-corrected chi connectivity index (χ1v) is 6.49. The Bertz CT molecular complexity index is 465. The summed E-state index contributed by atoms with van der Waals surface area (Å²) in [6.45, 7) is 6.43. The lowest BCUT2D eigenvalue weighted by molar-refractivity contribution is -0.137. The maximum atomic E-state index is 12.7. The summed E-state index contributed by atoms with van der Waals surface area (Å²) in [5.41, 5.74) is 5.80. The molecule has 0 heterocycles. The van der Waals surface area contributed by atoms with Crippen LogP contribution < -0.4 is 5.73 Å². The molecule has 0 atom stereocenters. The number of rotatable bonds is 1. The Balaban J connectivity index is 2.21. The molecule has 2 N–H and O–H groups in total. The van der Waals surface area contributed by atoms with Crippen molar-refractivity contribution in [1.82, 2.24) is 0 Å². The van der Waals surface area contributed by atoms with Gasteiger partial charge in [0.15, 0.2) is 0 Å². The van der Waals surface area contributed by atoms with Gasteiger partial charge in [0.2, 0.25) is 0 Å². The zero-order valence-electron chi connectivity index (χ0n) is 11.5. The summed E-state index contributed by atoms with van der Waals surface area (Å²) < 4.78 is 38.1. The van der Waals surface area contributed by atoms with Crippen LogP contribution in [0.25, 0.3) is 0 Å². The highest BCUT2D eigenvalue weighted by atomic mass is 19.4. The lowest BCUT2D eigenvalue weighted by Gasteiger charge is -2.51. The zero-order valence-corrected chi connectivity index (χ0v) is 11.5. The fourth-order valence-electron chi connectivity index (χ4n) is 2.67. The van der Waals surface area contributed by atoms with E-state index in [0.717, 1.165) is 18.9 Å². The van der Waals surface area contributed by atoms with E-state index in [1.54, 1.807) is 6.07 Å². The summed E-state index contributed by atoms with van der Waals surface area (Å²) >= 11 is 0. The maximum absolute atomic E-state index is 12.7. The fraction of sp³-hybridized carbons (Fsp3) is 0.600. The minimum atomic E-state index is -4.31. The molecule has 0 bridgehead atoms. The highest BCUT2D eigenvalue weighted by Gasteiger charge is 2.47. The van der Waals surface area contributed by atoms with Gasteiger partial charge in [0, 0.05) is 5.54 Å². The molecule has 0 radical (unpaired) electrons. The van der Waals surface area contributed by atoms with Gasteiger partial charge >= 0.3 is 6.18 Å². The van der Waals surface area contributed by atoms with Crippen LogP contribution in [-0.2, 0) is 11.7 Å². The number of nitrogens with two attached hydrogens (primary N) is 1. The van der Waals surface area contributed by atoms with Crippen LogP contribution >= 0.6 is 0 Å². The third kappa shape index (κ3) is 2.78. The number of alkyl halides is 3. The molecule has 0 amide bonds. The van der Waals surface area contributed by atoms with E-state index in [4.69, 9.17) is 5.73 Å². The van der Waals surface area contributed by atoms with Crippen molar-refractivity contribution in [1.29, 1.82) is 0 Å². The van der Waals surface area contributed by atoms with E-state index in [1.807, 2.05) is 0 Å². The molecular weight excluding hydrogens is 251 g/mol. The van der Waals surface area contributed by atoms with Gasteiger partial charge in [-0.15, -0.1) is 0 Å². The Morgan fingerprint density at radius 2 is 1.74 bits per heavy atom. The van der Waals surface area contributed by atoms with Crippen LogP contribution in [-0.4, -0.2) is 0 Å². The van der Waals surface area contributed by atoms with Crippen molar-refractivity contribution in [3.05, 3.63) is 35.4 Å². The van der Waals surface area contributed by atoms with E-state index < -0.39 is 17.3 Å². The Morgan fingerprint density at radius 3 is 2.21 bits per heavy atom. The average molecular weight is 271 g/mol. The summed E-state index contributed by atoms with van der Waals surface area (Å²) in [7, 11) is 0. The largest absolute Gasteiger partial charge is 0.416 e. The topological polar surface area (TPSA) is 26.0 Å². The summed E-state index contributed by atoms with van der Waals surface area (Å²) in [4.78, 5) is 0. The van der Waals surface area contributed by atoms with Gasteiger partial charge in [0.1, 0.15) is 0 Å². The third-order valence-electron chi connectivity index (χ3n) is 4.21. The zero-order chi connectivity index (χ0) is 14.5. The molecule has 1 aliphatic carbocycles. The van der Waals surface area contributed by atoms with Crippen LogP contribution in [0.15, 0.2) is 24.3 Å². The molecular formula is C15H20F3N. The van der Waals surface area contributed by atoms with Gasteiger partial charge in [-0.3, -0.25) is 0 Å². The van der Waals surface area contributed by atoms with E-state index in [2.05, 4.69) is 20.8 Å². The fourth-order valence-corrected chi connectivity index (χ4v) is 2.67. The van der Waals surface area contributed by atoms with Gasteiger partial charge in [-0.2, -0.15) is 13.2 Å². The first-order valence-electron chi connectivity index (χ1n) is 6.49. The lowest BCUT2D eigenvalue weighted by atomic mass is 9.57. The summed E-state index contributed by atoms with van der Waals surface area (Å²) in [5, 5.41) is 0. The number of hydrogen-bond donors (Lipinski definition) is 1. The Morgan fingerprint density at radius 1 is 1.16 bits per heavy atom. The van der Waals surface area contributed by atoms with Crippen molar-refractivity contribution in [2.75, 3.05) is 0 Å². The predicted octanol–water partition coefficient (Wildman–Crippen LogP) is 4.32. The minimum absolute atomic E-state index is 0.157. The molecule has 2 rings (SSSR count). The second-order valence-corrected chi connectivity index (χ2v) is 6.71. The van der Waals surface area contributed by atoms with E-state index in [-0.39, 0.29) is 5.41 Å². The van der Waals surface area contributed by atoms with Crippen LogP contribution in [0.3, 0.4) is 0 Å². The molecule has 0 saturated heterocycles. The molecule has 1 aromatic rings. The number of hydrogen-bond acceptors (Lipinski definition) is 1. The van der Waals surface area contributed by atoms with E-state index in [1.165, 1.54) is 12.1 Å². The van der Waals surface area contributed by atoms with Gasteiger partial charge in [0.25, 0.3) is 0 Å². The van der Waals surface area contributed by atoms with Crippen molar-refractivity contribution in [2.45, 2.75) is 45.3 Å². The molecule has 1 saturated carbocycles. The Hall–Kier alpha value is -1.03. The van der Waals surface area contributed by atoms with E-state index >= 15 is 0 Å². The van der Waals surface area contributed by atoms with Crippen molar-refractivity contribution in [3.63, 3.8) is 0 Å². The van der Waals surface area contributed by atoms with E-state index in [0.29, 0.717) is 11.5 Å². The maximum Gasteiger partial charge on any atom is 0.416 e. The second kappa shape index (κ2) is 4.23. The quantitative estimate of drug-likeness (QED) is 0.809. The van der Waals surface area contributed by atoms with Gasteiger partial charge in [0.05, 0.1) is 5.56 Å². The lowest BCUT2D eigenvalue weighted by Crippen LogP contribution is -2.52. The SMILES string of the molecule is CC(C)(C)C1CC(N)(c2cccc(C(F)(F)F)c2)C1. The molecule has 1 aliphatic rings. The first-order chi connectivity index (χ1) is 8.52. The highest BCUT2D eigenvalue weighted by molar-refractivity contribution is 5.33. The average Bonchev–Trinajstić information content (AvgIpc) is 2.22. The van der Waals surface area contributed by atoms with Crippen LogP contribution in [0.1, 0.15) is 44.7 Å². The van der Waals surface area contributed by atoms with Gasteiger partial charge in [-0.1, -0.05) is 32.9 Å².